The maximum absolute atomic E-state index is 12.4. The molecule has 18 heavy (non-hydrogen) atoms. The lowest BCUT2D eigenvalue weighted by Crippen LogP contribution is -2.33. The average molecular weight is 254 g/mol. The van der Waals surface area contributed by atoms with Gasteiger partial charge in [0, 0.05) is 32.0 Å². The van der Waals surface area contributed by atoms with Gasteiger partial charge in [-0.2, -0.15) is 0 Å². The normalized spacial score (nSPS) is 11.8. The first kappa shape index (κ1) is 12.9. The van der Waals surface area contributed by atoms with Gasteiger partial charge < -0.3 is 10.1 Å². The van der Waals surface area contributed by atoms with E-state index in [1.165, 1.54) is 0 Å². The van der Waals surface area contributed by atoms with E-state index in [0.29, 0.717) is 19.6 Å². The van der Waals surface area contributed by atoms with Crippen molar-refractivity contribution in [1.29, 1.82) is 0 Å². The topological polar surface area (TPSA) is 46.6 Å². The molecular formula is C12H16F2N4. The summed E-state index contributed by atoms with van der Waals surface area (Å²) in [4.78, 5) is 6.00. The molecule has 0 saturated carbocycles. The second kappa shape index (κ2) is 5.88. The number of aromatic nitrogens is 2. The molecule has 0 spiro atoms. The minimum Gasteiger partial charge on any atom is -0.329 e. The molecule has 0 fully saturated rings. The Kier molecular flexibility index (Phi) is 4.22. The molecule has 98 valence electrons. The summed E-state index contributed by atoms with van der Waals surface area (Å²) in [6, 6.07) is 5.67. The van der Waals surface area contributed by atoms with Crippen LogP contribution in [0.15, 0.2) is 30.6 Å². The number of rotatable bonds is 6. The van der Waals surface area contributed by atoms with E-state index in [1.54, 1.807) is 4.90 Å². The maximum Gasteiger partial charge on any atom is 0.251 e. The Balaban J connectivity index is 2.09. The highest BCUT2D eigenvalue weighted by molar-refractivity contribution is 5.39. The lowest BCUT2D eigenvalue weighted by Gasteiger charge is -2.19. The molecule has 0 aliphatic rings. The van der Waals surface area contributed by atoms with E-state index in [4.69, 9.17) is 5.73 Å². The van der Waals surface area contributed by atoms with Crippen molar-refractivity contribution in [2.24, 2.45) is 5.73 Å². The minimum absolute atomic E-state index is 0.273. The van der Waals surface area contributed by atoms with E-state index in [1.807, 2.05) is 35.0 Å². The van der Waals surface area contributed by atoms with Crippen LogP contribution in [0.5, 0.6) is 0 Å². The summed E-state index contributed by atoms with van der Waals surface area (Å²) < 4.78 is 26.7. The molecule has 0 saturated heterocycles. The van der Waals surface area contributed by atoms with Crippen LogP contribution in [-0.2, 0) is 6.54 Å². The molecule has 0 aromatic carbocycles. The predicted molar refractivity (Wildman–Crippen MR) is 65.5 cm³/mol. The van der Waals surface area contributed by atoms with E-state index >= 15 is 0 Å². The molecule has 2 aromatic heterocycles. The fraction of sp³-hybridized carbons (Fsp3) is 0.417. The Hall–Kier alpha value is -1.53. The van der Waals surface area contributed by atoms with Gasteiger partial charge in [-0.15, -0.1) is 0 Å². The Bertz CT molecular complexity index is 465. The molecule has 0 atom stereocenters. The third-order valence-electron chi connectivity index (χ3n) is 2.64. The number of pyridine rings is 1. The zero-order valence-electron chi connectivity index (χ0n) is 9.97. The van der Waals surface area contributed by atoms with Crippen molar-refractivity contribution < 1.29 is 8.78 Å². The molecule has 0 unspecified atom stereocenters. The summed E-state index contributed by atoms with van der Waals surface area (Å²) in [6.45, 7) is 0.923. The van der Waals surface area contributed by atoms with Crippen molar-refractivity contribution in [2.45, 2.75) is 13.0 Å². The first-order chi connectivity index (χ1) is 8.69. The van der Waals surface area contributed by atoms with Gasteiger partial charge in [0.05, 0.1) is 12.2 Å². The standard InChI is InChI=1S/C12H16F2N4/c13-11(14)9-17(6-4-15)7-10-8-18-5-2-1-3-12(18)16-10/h1-3,5,8,11H,4,6-7,9,15H2. The summed E-state index contributed by atoms with van der Waals surface area (Å²) >= 11 is 0. The summed E-state index contributed by atoms with van der Waals surface area (Å²) in [5, 5.41) is 0. The van der Waals surface area contributed by atoms with E-state index in [0.717, 1.165) is 11.3 Å². The molecule has 0 bridgehead atoms. The quantitative estimate of drug-likeness (QED) is 0.846. The van der Waals surface area contributed by atoms with E-state index in [9.17, 15) is 8.78 Å². The van der Waals surface area contributed by atoms with Crippen molar-refractivity contribution in [3.8, 4) is 0 Å². The molecular weight excluding hydrogens is 238 g/mol. The monoisotopic (exact) mass is 254 g/mol. The van der Waals surface area contributed by atoms with Crippen LogP contribution in [0.4, 0.5) is 8.78 Å². The zero-order valence-corrected chi connectivity index (χ0v) is 9.97. The molecule has 4 nitrogen and oxygen atoms in total. The van der Waals surface area contributed by atoms with Crippen molar-refractivity contribution in [1.82, 2.24) is 14.3 Å². The van der Waals surface area contributed by atoms with Crippen molar-refractivity contribution in [2.75, 3.05) is 19.6 Å². The number of nitrogens with two attached hydrogens (primary N) is 1. The molecule has 2 N–H and O–H groups in total. The highest BCUT2D eigenvalue weighted by Gasteiger charge is 2.13. The van der Waals surface area contributed by atoms with Gasteiger partial charge in [-0.05, 0) is 12.1 Å². The number of fused-ring (bicyclic) bond motifs is 1. The van der Waals surface area contributed by atoms with Crippen molar-refractivity contribution in [3.63, 3.8) is 0 Å². The predicted octanol–water partition coefficient (Wildman–Crippen LogP) is 1.36. The van der Waals surface area contributed by atoms with Gasteiger partial charge in [0.15, 0.2) is 0 Å². The van der Waals surface area contributed by atoms with Crippen LogP contribution in [0.1, 0.15) is 5.69 Å². The molecule has 2 rings (SSSR count). The third kappa shape index (κ3) is 3.24. The van der Waals surface area contributed by atoms with Crippen molar-refractivity contribution >= 4 is 5.65 Å². The van der Waals surface area contributed by atoms with Crippen LogP contribution in [-0.4, -0.2) is 40.3 Å². The molecule has 6 heteroatoms. The van der Waals surface area contributed by atoms with E-state index in [2.05, 4.69) is 4.98 Å². The van der Waals surface area contributed by atoms with Crippen LogP contribution in [0.25, 0.3) is 5.65 Å². The maximum atomic E-state index is 12.4. The van der Waals surface area contributed by atoms with Crippen LogP contribution in [0.3, 0.4) is 0 Å². The Morgan fingerprint density at radius 2 is 2.22 bits per heavy atom. The number of halogens is 2. The molecule has 2 heterocycles. The lowest BCUT2D eigenvalue weighted by molar-refractivity contribution is 0.0857. The first-order valence-corrected chi connectivity index (χ1v) is 5.82. The van der Waals surface area contributed by atoms with Gasteiger partial charge >= 0.3 is 0 Å². The highest BCUT2D eigenvalue weighted by atomic mass is 19.3. The molecule has 0 amide bonds. The fourth-order valence-corrected chi connectivity index (χ4v) is 1.91. The summed E-state index contributed by atoms with van der Waals surface area (Å²) in [7, 11) is 0. The fourth-order valence-electron chi connectivity index (χ4n) is 1.91. The Morgan fingerprint density at radius 1 is 1.39 bits per heavy atom. The molecule has 0 radical (unpaired) electrons. The average Bonchev–Trinajstić information content (AvgIpc) is 2.70. The minimum atomic E-state index is -2.35. The van der Waals surface area contributed by atoms with E-state index in [-0.39, 0.29) is 6.54 Å². The number of nitrogens with zero attached hydrogens (tertiary/aromatic N) is 3. The van der Waals surface area contributed by atoms with Crippen LogP contribution >= 0.6 is 0 Å². The number of hydrogen-bond donors (Lipinski definition) is 1. The Labute approximate surface area is 104 Å². The second-order valence-electron chi connectivity index (χ2n) is 4.11. The number of hydrogen-bond acceptors (Lipinski definition) is 3. The van der Waals surface area contributed by atoms with E-state index < -0.39 is 6.43 Å². The van der Waals surface area contributed by atoms with Gasteiger partial charge in [-0.1, -0.05) is 6.07 Å². The van der Waals surface area contributed by atoms with Gasteiger partial charge in [-0.25, -0.2) is 13.8 Å². The summed E-state index contributed by atoms with van der Waals surface area (Å²) in [5.41, 5.74) is 7.01. The number of alkyl halides is 2. The summed E-state index contributed by atoms with van der Waals surface area (Å²) in [6.07, 6.45) is 1.38. The lowest BCUT2D eigenvalue weighted by atomic mass is 10.4. The van der Waals surface area contributed by atoms with Gasteiger partial charge in [0.25, 0.3) is 6.43 Å². The highest BCUT2D eigenvalue weighted by Crippen LogP contribution is 2.08. The zero-order chi connectivity index (χ0) is 13.0. The van der Waals surface area contributed by atoms with Crippen LogP contribution in [0.2, 0.25) is 0 Å². The van der Waals surface area contributed by atoms with Gasteiger partial charge in [-0.3, -0.25) is 4.90 Å². The van der Waals surface area contributed by atoms with Gasteiger partial charge in [0.1, 0.15) is 5.65 Å². The molecule has 0 aliphatic carbocycles. The Morgan fingerprint density at radius 3 is 2.89 bits per heavy atom. The summed E-state index contributed by atoms with van der Waals surface area (Å²) in [5.74, 6) is 0. The molecule has 0 aliphatic heterocycles. The van der Waals surface area contributed by atoms with Gasteiger partial charge in [0.2, 0.25) is 0 Å². The SMILES string of the molecule is NCCN(Cc1cn2ccccc2n1)CC(F)F. The number of imidazole rings is 1. The van der Waals surface area contributed by atoms with Crippen LogP contribution < -0.4 is 5.73 Å². The van der Waals surface area contributed by atoms with Crippen molar-refractivity contribution in [3.05, 3.63) is 36.3 Å². The first-order valence-electron chi connectivity index (χ1n) is 5.82. The third-order valence-corrected chi connectivity index (χ3v) is 2.64. The molecule has 2 aromatic rings. The second-order valence-corrected chi connectivity index (χ2v) is 4.11. The van der Waals surface area contributed by atoms with Crippen LogP contribution in [0, 0.1) is 0 Å². The smallest absolute Gasteiger partial charge is 0.251 e. The largest absolute Gasteiger partial charge is 0.329 e.